The third kappa shape index (κ3) is 4.34. The van der Waals surface area contributed by atoms with Crippen LogP contribution in [0.4, 0.5) is 0 Å². The molecule has 0 saturated carbocycles. The topological polar surface area (TPSA) is 20.3 Å². The van der Waals surface area contributed by atoms with Gasteiger partial charge in [0.25, 0.3) is 5.91 Å². The Bertz CT molecular complexity index is 384. The third-order valence-electron chi connectivity index (χ3n) is 3.58. The Morgan fingerprint density at radius 2 is 1.74 bits per heavy atom. The summed E-state index contributed by atoms with van der Waals surface area (Å²) in [6, 6.07) is 8.32. The number of nitrogens with zero attached hydrogens (tertiary/aromatic N) is 1. The quantitative estimate of drug-likeness (QED) is 0.685. The first-order chi connectivity index (χ1) is 9.17. The first-order valence-corrected chi connectivity index (χ1v) is 8.25. The van der Waals surface area contributed by atoms with Gasteiger partial charge in [-0.3, -0.25) is 4.79 Å². The number of rotatable bonds is 7. The average molecular weight is 326 g/mol. The van der Waals surface area contributed by atoms with Crippen LogP contribution in [0.1, 0.15) is 49.5 Å². The molecule has 1 aromatic rings. The molecular weight excluding hydrogens is 302 g/mol. The van der Waals surface area contributed by atoms with Crippen molar-refractivity contribution in [2.45, 2.75) is 46.1 Å². The van der Waals surface area contributed by atoms with Gasteiger partial charge in [-0.15, -0.1) is 0 Å². The second-order valence-corrected chi connectivity index (χ2v) is 5.50. The predicted octanol–water partition coefficient (Wildman–Crippen LogP) is 4.27. The Balaban J connectivity index is 2.91. The molecule has 0 N–H and O–H groups in total. The smallest absolute Gasteiger partial charge is 0.254 e. The molecule has 0 fully saturated rings. The van der Waals surface area contributed by atoms with Crippen molar-refractivity contribution in [2.24, 2.45) is 0 Å². The molecule has 0 heterocycles. The predicted molar refractivity (Wildman–Crippen MR) is 85.0 cm³/mol. The van der Waals surface area contributed by atoms with E-state index in [1.165, 1.54) is 5.56 Å². The second-order valence-electron chi connectivity index (χ2n) is 4.71. The Morgan fingerprint density at radius 3 is 2.16 bits per heavy atom. The van der Waals surface area contributed by atoms with Gasteiger partial charge in [0.1, 0.15) is 0 Å². The van der Waals surface area contributed by atoms with Crippen molar-refractivity contribution < 1.29 is 4.79 Å². The summed E-state index contributed by atoms with van der Waals surface area (Å²) < 4.78 is 0. The minimum atomic E-state index is 0.149. The van der Waals surface area contributed by atoms with Crippen molar-refractivity contribution in [1.82, 2.24) is 4.90 Å². The van der Waals surface area contributed by atoms with Gasteiger partial charge in [-0.1, -0.05) is 48.8 Å². The monoisotopic (exact) mass is 325 g/mol. The van der Waals surface area contributed by atoms with Gasteiger partial charge in [-0.25, -0.2) is 0 Å². The molecule has 0 aliphatic rings. The maximum absolute atomic E-state index is 12.6. The lowest BCUT2D eigenvalue weighted by Gasteiger charge is -2.30. The van der Waals surface area contributed by atoms with Crippen LogP contribution < -0.4 is 0 Å². The zero-order valence-corrected chi connectivity index (χ0v) is 13.7. The molecule has 2 nitrogen and oxygen atoms in total. The summed E-state index contributed by atoms with van der Waals surface area (Å²) in [6.07, 6.45) is 3.01. The summed E-state index contributed by atoms with van der Waals surface area (Å²) in [7, 11) is 0. The molecule has 1 amide bonds. The van der Waals surface area contributed by atoms with Gasteiger partial charge < -0.3 is 4.90 Å². The minimum absolute atomic E-state index is 0.149. The maximum Gasteiger partial charge on any atom is 0.254 e. The highest BCUT2D eigenvalue weighted by atomic mass is 79.9. The van der Waals surface area contributed by atoms with E-state index in [4.69, 9.17) is 0 Å². The standard InChI is InChI=1S/C16H24BrNO/c1-4-13-7-9-14(10-8-13)16(19)18(12-11-17)15(5-2)6-3/h7-10,15H,4-6,11-12H2,1-3H3. The first kappa shape index (κ1) is 16.2. The number of hydrogen-bond donors (Lipinski definition) is 0. The van der Waals surface area contributed by atoms with Crippen molar-refractivity contribution in [2.75, 3.05) is 11.9 Å². The highest BCUT2D eigenvalue weighted by Crippen LogP contribution is 2.15. The SMILES string of the molecule is CCc1ccc(C(=O)N(CCBr)C(CC)CC)cc1. The molecule has 19 heavy (non-hydrogen) atoms. The van der Waals surface area contributed by atoms with E-state index in [2.05, 4.69) is 36.7 Å². The highest BCUT2D eigenvalue weighted by Gasteiger charge is 2.21. The lowest BCUT2D eigenvalue weighted by atomic mass is 10.1. The van der Waals surface area contributed by atoms with E-state index < -0.39 is 0 Å². The molecule has 106 valence electrons. The van der Waals surface area contributed by atoms with Crippen molar-refractivity contribution in [1.29, 1.82) is 0 Å². The van der Waals surface area contributed by atoms with Gasteiger partial charge in [0, 0.05) is 23.5 Å². The van der Waals surface area contributed by atoms with Crippen LogP contribution in [-0.4, -0.2) is 28.7 Å². The molecule has 0 saturated heterocycles. The summed E-state index contributed by atoms with van der Waals surface area (Å²) in [6.45, 7) is 7.17. The summed E-state index contributed by atoms with van der Waals surface area (Å²) in [5.41, 5.74) is 2.07. The number of amides is 1. The first-order valence-electron chi connectivity index (χ1n) is 7.13. The fourth-order valence-corrected chi connectivity index (χ4v) is 2.70. The Kier molecular flexibility index (Phi) is 7.14. The summed E-state index contributed by atoms with van der Waals surface area (Å²) in [5, 5.41) is 0.822. The summed E-state index contributed by atoms with van der Waals surface area (Å²) >= 11 is 3.45. The second kappa shape index (κ2) is 8.36. The Morgan fingerprint density at radius 1 is 1.16 bits per heavy atom. The number of aryl methyl sites for hydroxylation is 1. The van der Waals surface area contributed by atoms with Crippen molar-refractivity contribution in [3.8, 4) is 0 Å². The Labute approximate surface area is 125 Å². The van der Waals surface area contributed by atoms with Gasteiger partial charge in [0.2, 0.25) is 0 Å². The highest BCUT2D eigenvalue weighted by molar-refractivity contribution is 9.09. The lowest BCUT2D eigenvalue weighted by molar-refractivity contribution is 0.0683. The molecule has 0 aromatic heterocycles. The molecule has 1 rings (SSSR count). The molecule has 0 aliphatic carbocycles. The van der Waals surface area contributed by atoms with Crippen LogP contribution >= 0.6 is 15.9 Å². The largest absolute Gasteiger partial charge is 0.335 e. The number of carbonyl (C=O) groups excluding carboxylic acids is 1. The minimum Gasteiger partial charge on any atom is -0.335 e. The van der Waals surface area contributed by atoms with Gasteiger partial charge in [0.15, 0.2) is 0 Å². The van der Waals surface area contributed by atoms with Crippen LogP contribution in [0.2, 0.25) is 0 Å². The fourth-order valence-electron chi connectivity index (χ4n) is 2.32. The molecule has 0 spiro atoms. The van der Waals surface area contributed by atoms with E-state index in [-0.39, 0.29) is 5.91 Å². The van der Waals surface area contributed by atoms with Crippen molar-refractivity contribution >= 4 is 21.8 Å². The normalized spacial score (nSPS) is 10.8. The van der Waals surface area contributed by atoms with E-state index in [1.807, 2.05) is 29.2 Å². The van der Waals surface area contributed by atoms with E-state index in [0.29, 0.717) is 6.04 Å². The van der Waals surface area contributed by atoms with Gasteiger partial charge in [-0.2, -0.15) is 0 Å². The number of carbonyl (C=O) groups is 1. The van der Waals surface area contributed by atoms with Gasteiger partial charge >= 0.3 is 0 Å². The zero-order valence-electron chi connectivity index (χ0n) is 12.2. The van der Waals surface area contributed by atoms with Crippen LogP contribution in [0, 0.1) is 0 Å². The van der Waals surface area contributed by atoms with E-state index in [9.17, 15) is 4.79 Å². The van der Waals surface area contributed by atoms with E-state index in [1.54, 1.807) is 0 Å². The number of halogens is 1. The maximum atomic E-state index is 12.6. The summed E-state index contributed by atoms with van der Waals surface area (Å²) in [5.74, 6) is 0.149. The molecule has 1 aromatic carbocycles. The Hall–Kier alpha value is -0.830. The number of benzene rings is 1. The van der Waals surface area contributed by atoms with E-state index in [0.717, 1.165) is 36.7 Å². The van der Waals surface area contributed by atoms with Crippen LogP contribution in [0.15, 0.2) is 24.3 Å². The number of hydrogen-bond acceptors (Lipinski definition) is 1. The summed E-state index contributed by atoms with van der Waals surface area (Å²) in [4.78, 5) is 14.6. The van der Waals surface area contributed by atoms with Crippen molar-refractivity contribution in [3.05, 3.63) is 35.4 Å². The van der Waals surface area contributed by atoms with Gasteiger partial charge in [-0.05, 0) is 37.0 Å². The van der Waals surface area contributed by atoms with E-state index >= 15 is 0 Å². The zero-order chi connectivity index (χ0) is 14.3. The fraction of sp³-hybridized carbons (Fsp3) is 0.562. The molecule has 0 atom stereocenters. The molecule has 0 aliphatic heterocycles. The van der Waals surface area contributed by atoms with Crippen LogP contribution in [-0.2, 0) is 6.42 Å². The molecule has 0 bridgehead atoms. The molecule has 0 unspecified atom stereocenters. The molecule has 0 radical (unpaired) electrons. The third-order valence-corrected chi connectivity index (χ3v) is 3.93. The van der Waals surface area contributed by atoms with Gasteiger partial charge in [0.05, 0.1) is 0 Å². The van der Waals surface area contributed by atoms with Crippen molar-refractivity contribution in [3.63, 3.8) is 0 Å². The number of alkyl halides is 1. The average Bonchev–Trinajstić information content (AvgIpc) is 2.47. The van der Waals surface area contributed by atoms with Crippen LogP contribution in [0.25, 0.3) is 0 Å². The van der Waals surface area contributed by atoms with Crippen LogP contribution in [0.3, 0.4) is 0 Å². The molecular formula is C16H24BrNO. The van der Waals surface area contributed by atoms with Crippen LogP contribution in [0.5, 0.6) is 0 Å². The lowest BCUT2D eigenvalue weighted by Crippen LogP contribution is -2.41. The molecule has 3 heteroatoms.